The highest BCUT2D eigenvalue weighted by Gasteiger charge is 2.08. The number of nitrogens with two attached hydrogens (primary N) is 1. The Kier molecular flexibility index (Phi) is 2.90. The van der Waals surface area contributed by atoms with Crippen LogP contribution in [-0.4, -0.2) is 15.0 Å². The van der Waals surface area contributed by atoms with Gasteiger partial charge in [-0.2, -0.15) is 0 Å². The summed E-state index contributed by atoms with van der Waals surface area (Å²) in [5.41, 5.74) is 9.25. The Morgan fingerprint density at radius 2 is 1.63 bits per heavy atom. The average Bonchev–Trinajstić information content (AvgIpc) is 2.49. The topological polar surface area (TPSA) is 64.7 Å². The van der Waals surface area contributed by atoms with Gasteiger partial charge in [-0.25, -0.2) is 9.97 Å². The van der Waals surface area contributed by atoms with Crippen molar-refractivity contribution in [3.05, 3.63) is 61.1 Å². The molecule has 0 saturated carbocycles. The third-order valence-corrected chi connectivity index (χ3v) is 2.81. The second kappa shape index (κ2) is 4.86. The summed E-state index contributed by atoms with van der Waals surface area (Å²) in [4.78, 5) is 12.9. The van der Waals surface area contributed by atoms with Crippen molar-refractivity contribution >= 4 is 5.82 Å². The van der Waals surface area contributed by atoms with Crippen molar-refractivity contribution < 1.29 is 0 Å². The summed E-state index contributed by atoms with van der Waals surface area (Å²) in [6.45, 7) is 0. The Morgan fingerprint density at radius 3 is 2.37 bits per heavy atom. The van der Waals surface area contributed by atoms with Crippen molar-refractivity contribution in [3.63, 3.8) is 0 Å². The molecule has 0 atom stereocenters. The molecule has 0 spiro atoms. The van der Waals surface area contributed by atoms with Gasteiger partial charge in [-0.15, -0.1) is 0 Å². The van der Waals surface area contributed by atoms with Crippen LogP contribution in [0.5, 0.6) is 0 Å². The van der Waals surface area contributed by atoms with E-state index in [4.69, 9.17) is 5.73 Å². The molecule has 4 heteroatoms. The molecule has 0 amide bonds. The fourth-order valence-corrected chi connectivity index (χ4v) is 1.86. The maximum atomic E-state index is 5.91. The molecule has 4 nitrogen and oxygen atoms in total. The van der Waals surface area contributed by atoms with Crippen LogP contribution in [0.3, 0.4) is 0 Å². The molecule has 0 bridgehead atoms. The smallest absolute Gasteiger partial charge is 0.150 e. The minimum atomic E-state index is 0.429. The highest BCUT2D eigenvalue weighted by Crippen LogP contribution is 2.25. The Balaban J connectivity index is 2.12. The maximum Gasteiger partial charge on any atom is 0.150 e. The van der Waals surface area contributed by atoms with E-state index in [1.807, 2.05) is 42.5 Å². The molecule has 0 radical (unpaired) electrons. The van der Waals surface area contributed by atoms with Gasteiger partial charge in [0.1, 0.15) is 11.5 Å². The first kappa shape index (κ1) is 11.3. The Bertz CT molecular complexity index is 681. The van der Waals surface area contributed by atoms with E-state index in [9.17, 15) is 0 Å². The largest absolute Gasteiger partial charge is 0.382 e. The Morgan fingerprint density at radius 1 is 0.842 bits per heavy atom. The molecular formula is C15H12N4. The van der Waals surface area contributed by atoms with E-state index >= 15 is 0 Å². The number of hydrogen-bond donors (Lipinski definition) is 1. The van der Waals surface area contributed by atoms with Crippen molar-refractivity contribution in [2.75, 3.05) is 5.73 Å². The Labute approximate surface area is 111 Å². The number of anilines is 1. The van der Waals surface area contributed by atoms with Crippen molar-refractivity contribution in [3.8, 4) is 22.5 Å². The van der Waals surface area contributed by atoms with Gasteiger partial charge in [-0.1, -0.05) is 30.3 Å². The number of hydrogen-bond acceptors (Lipinski definition) is 4. The number of pyridine rings is 1. The molecule has 2 N–H and O–H groups in total. The van der Waals surface area contributed by atoms with Crippen molar-refractivity contribution in [2.24, 2.45) is 0 Å². The molecular weight excluding hydrogens is 236 g/mol. The summed E-state index contributed by atoms with van der Waals surface area (Å²) in [6, 6.07) is 13.6. The molecule has 0 fully saturated rings. The third-order valence-electron chi connectivity index (χ3n) is 2.81. The number of rotatable bonds is 2. The summed E-state index contributed by atoms with van der Waals surface area (Å²) in [6.07, 6.45) is 5.15. The standard InChI is InChI=1S/C15H12N4/c16-15-14(11-5-2-1-3-6-11)19-13(10-18-15)12-7-4-8-17-9-12/h1-10H,(H2,16,18). The van der Waals surface area contributed by atoms with Crippen LogP contribution < -0.4 is 5.73 Å². The molecule has 19 heavy (non-hydrogen) atoms. The van der Waals surface area contributed by atoms with Crippen molar-refractivity contribution in [1.29, 1.82) is 0 Å². The second-order valence-electron chi connectivity index (χ2n) is 4.10. The lowest BCUT2D eigenvalue weighted by Crippen LogP contribution is -1.98. The maximum absolute atomic E-state index is 5.91. The lowest BCUT2D eigenvalue weighted by Gasteiger charge is -2.06. The van der Waals surface area contributed by atoms with Crippen LogP contribution in [-0.2, 0) is 0 Å². The molecule has 0 aliphatic rings. The molecule has 0 aliphatic carbocycles. The number of nitrogens with zero attached hydrogens (tertiary/aromatic N) is 3. The van der Waals surface area contributed by atoms with Crippen LogP contribution in [0.15, 0.2) is 61.1 Å². The SMILES string of the molecule is Nc1ncc(-c2cccnc2)nc1-c1ccccc1. The zero-order valence-electron chi connectivity index (χ0n) is 10.2. The van der Waals surface area contributed by atoms with Gasteiger partial charge in [0.2, 0.25) is 0 Å². The lowest BCUT2D eigenvalue weighted by atomic mass is 10.1. The van der Waals surface area contributed by atoms with E-state index in [0.717, 1.165) is 16.8 Å². The van der Waals surface area contributed by atoms with Crippen LogP contribution >= 0.6 is 0 Å². The molecule has 3 rings (SSSR count). The average molecular weight is 248 g/mol. The molecule has 3 aromatic rings. The van der Waals surface area contributed by atoms with Crippen molar-refractivity contribution in [2.45, 2.75) is 0 Å². The van der Waals surface area contributed by atoms with Gasteiger partial charge < -0.3 is 5.73 Å². The second-order valence-corrected chi connectivity index (χ2v) is 4.10. The van der Waals surface area contributed by atoms with Gasteiger partial charge in [0.05, 0.1) is 11.9 Å². The minimum Gasteiger partial charge on any atom is -0.382 e. The first-order valence-electron chi connectivity index (χ1n) is 5.93. The van der Waals surface area contributed by atoms with E-state index in [2.05, 4.69) is 15.0 Å². The van der Waals surface area contributed by atoms with Crippen LogP contribution in [0.25, 0.3) is 22.5 Å². The summed E-state index contributed by atoms with van der Waals surface area (Å²) >= 11 is 0. The third kappa shape index (κ3) is 2.28. The first-order valence-corrected chi connectivity index (χ1v) is 5.93. The normalized spacial score (nSPS) is 10.3. The molecule has 1 aromatic carbocycles. The monoisotopic (exact) mass is 248 g/mol. The van der Waals surface area contributed by atoms with Crippen LogP contribution in [0.1, 0.15) is 0 Å². The zero-order chi connectivity index (χ0) is 13.1. The van der Waals surface area contributed by atoms with Gasteiger partial charge in [-0.05, 0) is 12.1 Å². The molecule has 92 valence electrons. The summed E-state index contributed by atoms with van der Waals surface area (Å²) in [7, 11) is 0. The van der Waals surface area contributed by atoms with Gasteiger partial charge in [0.25, 0.3) is 0 Å². The van der Waals surface area contributed by atoms with Crippen LogP contribution in [0, 0.1) is 0 Å². The predicted molar refractivity (Wildman–Crippen MR) is 75.1 cm³/mol. The van der Waals surface area contributed by atoms with Crippen LogP contribution in [0.4, 0.5) is 5.82 Å². The molecule has 2 aromatic heterocycles. The quantitative estimate of drug-likeness (QED) is 0.757. The van der Waals surface area contributed by atoms with E-state index in [1.54, 1.807) is 18.6 Å². The number of benzene rings is 1. The molecule has 0 aliphatic heterocycles. The summed E-state index contributed by atoms with van der Waals surface area (Å²) in [5.74, 6) is 0.429. The van der Waals surface area contributed by atoms with Crippen LogP contribution in [0.2, 0.25) is 0 Å². The van der Waals surface area contributed by atoms with E-state index in [-0.39, 0.29) is 0 Å². The van der Waals surface area contributed by atoms with Gasteiger partial charge >= 0.3 is 0 Å². The minimum absolute atomic E-state index is 0.429. The van der Waals surface area contributed by atoms with Gasteiger partial charge in [-0.3, -0.25) is 4.98 Å². The zero-order valence-corrected chi connectivity index (χ0v) is 10.2. The molecule has 0 unspecified atom stereocenters. The fourth-order valence-electron chi connectivity index (χ4n) is 1.86. The number of nitrogen functional groups attached to an aromatic ring is 1. The fraction of sp³-hybridized carbons (Fsp3) is 0. The van der Waals surface area contributed by atoms with E-state index in [0.29, 0.717) is 11.5 Å². The highest BCUT2D eigenvalue weighted by atomic mass is 14.9. The van der Waals surface area contributed by atoms with E-state index in [1.165, 1.54) is 0 Å². The van der Waals surface area contributed by atoms with Gasteiger partial charge in [0, 0.05) is 23.5 Å². The predicted octanol–water partition coefficient (Wildman–Crippen LogP) is 2.79. The van der Waals surface area contributed by atoms with E-state index < -0.39 is 0 Å². The molecule has 0 saturated heterocycles. The molecule has 2 heterocycles. The van der Waals surface area contributed by atoms with Crippen molar-refractivity contribution in [1.82, 2.24) is 15.0 Å². The van der Waals surface area contributed by atoms with Gasteiger partial charge in [0.15, 0.2) is 0 Å². The number of aromatic nitrogens is 3. The lowest BCUT2D eigenvalue weighted by molar-refractivity contribution is 1.21. The summed E-state index contributed by atoms with van der Waals surface area (Å²) < 4.78 is 0. The first-order chi connectivity index (χ1) is 9.34. The highest BCUT2D eigenvalue weighted by molar-refractivity contribution is 5.72. The Hall–Kier alpha value is -2.75. The summed E-state index contributed by atoms with van der Waals surface area (Å²) in [5, 5.41) is 0.